The van der Waals surface area contributed by atoms with Crippen LogP contribution in [0.3, 0.4) is 0 Å². The first kappa shape index (κ1) is 9.33. The number of hydrogen-bond donors (Lipinski definition) is 2. The fourth-order valence-corrected chi connectivity index (χ4v) is 1.17. The van der Waals surface area contributed by atoms with Crippen LogP contribution in [-0.2, 0) is 12.0 Å². The van der Waals surface area contributed by atoms with Gasteiger partial charge in [-0.15, -0.1) is 0 Å². The van der Waals surface area contributed by atoms with Crippen molar-refractivity contribution in [2.45, 2.75) is 39.7 Å². The summed E-state index contributed by atoms with van der Waals surface area (Å²) in [6.45, 7) is 8.57. The maximum Gasteiger partial charge on any atom is 0.0699 e. The van der Waals surface area contributed by atoms with E-state index in [0.717, 1.165) is 11.3 Å². The molecule has 0 fully saturated rings. The molecule has 68 valence electrons. The van der Waals surface area contributed by atoms with Crippen LogP contribution in [0.25, 0.3) is 0 Å². The van der Waals surface area contributed by atoms with Gasteiger partial charge in [0, 0.05) is 16.8 Å². The van der Waals surface area contributed by atoms with E-state index in [4.69, 9.17) is 5.11 Å². The van der Waals surface area contributed by atoms with Crippen molar-refractivity contribution in [3.05, 3.63) is 23.0 Å². The summed E-state index contributed by atoms with van der Waals surface area (Å²) in [5.74, 6) is 0. The van der Waals surface area contributed by atoms with Crippen LogP contribution in [-0.4, -0.2) is 10.1 Å². The van der Waals surface area contributed by atoms with Gasteiger partial charge in [0.1, 0.15) is 0 Å². The Morgan fingerprint density at radius 3 is 2.25 bits per heavy atom. The predicted octanol–water partition coefficient (Wildman–Crippen LogP) is 2.11. The molecule has 2 nitrogen and oxygen atoms in total. The van der Waals surface area contributed by atoms with Crippen molar-refractivity contribution in [2.75, 3.05) is 0 Å². The zero-order valence-electron chi connectivity index (χ0n) is 8.23. The second kappa shape index (κ2) is 2.94. The Morgan fingerprint density at radius 1 is 1.42 bits per heavy atom. The largest absolute Gasteiger partial charge is 0.392 e. The number of nitrogens with one attached hydrogen (secondary N) is 1. The van der Waals surface area contributed by atoms with Gasteiger partial charge in [0.05, 0.1) is 6.61 Å². The summed E-state index contributed by atoms with van der Waals surface area (Å²) < 4.78 is 0. The first-order valence-corrected chi connectivity index (χ1v) is 4.25. The van der Waals surface area contributed by atoms with Gasteiger partial charge in [-0.2, -0.15) is 0 Å². The molecule has 0 atom stereocenters. The van der Waals surface area contributed by atoms with Crippen LogP contribution in [0.15, 0.2) is 6.07 Å². The van der Waals surface area contributed by atoms with Crippen LogP contribution < -0.4 is 0 Å². The van der Waals surface area contributed by atoms with Gasteiger partial charge in [-0.1, -0.05) is 20.8 Å². The van der Waals surface area contributed by atoms with Gasteiger partial charge in [0.25, 0.3) is 0 Å². The highest BCUT2D eigenvalue weighted by Crippen LogP contribution is 2.23. The summed E-state index contributed by atoms with van der Waals surface area (Å²) in [6.07, 6.45) is 0. The van der Waals surface area contributed by atoms with E-state index >= 15 is 0 Å². The van der Waals surface area contributed by atoms with Crippen LogP contribution >= 0.6 is 0 Å². The Balaban J connectivity index is 3.05. The van der Waals surface area contributed by atoms with Crippen molar-refractivity contribution in [3.63, 3.8) is 0 Å². The van der Waals surface area contributed by atoms with Crippen LogP contribution in [0.5, 0.6) is 0 Å². The smallest absolute Gasteiger partial charge is 0.0699 e. The Bertz CT molecular complexity index is 268. The van der Waals surface area contributed by atoms with Gasteiger partial charge >= 0.3 is 0 Å². The van der Waals surface area contributed by atoms with E-state index in [1.165, 1.54) is 5.69 Å². The molecule has 0 aromatic carbocycles. The molecule has 0 aliphatic heterocycles. The summed E-state index contributed by atoms with van der Waals surface area (Å²) in [5, 5.41) is 8.98. The summed E-state index contributed by atoms with van der Waals surface area (Å²) >= 11 is 0. The third-order valence-corrected chi connectivity index (χ3v) is 2.10. The molecule has 2 heteroatoms. The van der Waals surface area contributed by atoms with E-state index < -0.39 is 0 Å². The minimum atomic E-state index is 0.123. The molecular weight excluding hydrogens is 150 g/mol. The predicted molar refractivity (Wildman–Crippen MR) is 50.2 cm³/mol. The van der Waals surface area contributed by atoms with Crippen molar-refractivity contribution in [3.8, 4) is 0 Å². The monoisotopic (exact) mass is 167 g/mol. The zero-order valence-corrected chi connectivity index (χ0v) is 8.23. The Hall–Kier alpha value is -0.760. The number of aromatic amines is 1. The minimum Gasteiger partial charge on any atom is -0.392 e. The summed E-state index contributed by atoms with van der Waals surface area (Å²) in [6, 6.07) is 2.04. The molecule has 1 heterocycles. The van der Waals surface area contributed by atoms with Crippen LogP contribution in [0.2, 0.25) is 0 Å². The fraction of sp³-hybridized carbons (Fsp3) is 0.600. The van der Waals surface area contributed by atoms with Gasteiger partial charge in [0.2, 0.25) is 0 Å². The van der Waals surface area contributed by atoms with Gasteiger partial charge < -0.3 is 10.1 Å². The second-order valence-electron chi connectivity index (χ2n) is 4.24. The third kappa shape index (κ3) is 1.69. The van der Waals surface area contributed by atoms with Crippen LogP contribution in [0.4, 0.5) is 0 Å². The van der Waals surface area contributed by atoms with E-state index in [9.17, 15) is 0 Å². The number of hydrogen-bond acceptors (Lipinski definition) is 1. The highest BCUT2D eigenvalue weighted by Gasteiger charge is 2.16. The third-order valence-electron chi connectivity index (χ3n) is 2.10. The second-order valence-corrected chi connectivity index (χ2v) is 4.24. The number of H-pyrrole nitrogens is 1. The fourth-order valence-electron chi connectivity index (χ4n) is 1.17. The molecule has 2 N–H and O–H groups in total. The summed E-state index contributed by atoms with van der Waals surface area (Å²) in [5.41, 5.74) is 3.39. The van der Waals surface area contributed by atoms with Gasteiger partial charge in [-0.05, 0) is 18.6 Å². The van der Waals surface area contributed by atoms with E-state index in [-0.39, 0.29) is 12.0 Å². The lowest BCUT2D eigenvalue weighted by Crippen LogP contribution is -2.11. The first-order chi connectivity index (χ1) is 5.45. The molecule has 1 rings (SSSR count). The SMILES string of the molecule is Cc1[nH]c(C(C)(C)C)cc1CO. The lowest BCUT2D eigenvalue weighted by molar-refractivity contribution is 0.281. The molecule has 1 aromatic heterocycles. The maximum absolute atomic E-state index is 8.98. The molecule has 1 aromatic rings. The van der Waals surface area contributed by atoms with E-state index in [2.05, 4.69) is 25.8 Å². The summed E-state index contributed by atoms with van der Waals surface area (Å²) in [7, 11) is 0. The van der Waals surface area contributed by atoms with E-state index in [1.54, 1.807) is 0 Å². The number of rotatable bonds is 1. The van der Waals surface area contributed by atoms with Crippen molar-refractivity contribution in [1.29, 1.82) is 0 Å². The van der Waals surface area contributed by atoms with Crippen LogP contribution in [0, 0.1) is 6.92 Å². The highest BCUT2D eigenvalue weighted by molar-refractivity contribution is 5.28. The quantitative estimate of drug-likeness (QED) is 0.660. The van der Waals surface area contributed by atoms with Crippen molar-refractivity contribution >= 4 is 0 Å². The highest BCUT2D eigenvalue weighted by atomic mass is 16.3. The molecule has 0 saturated carbocycles. The molecule has 0 spiro atoms. The van der Waals surface area contributed by atoms with Gasteiger partial charge in [-0.3, -0.25) is 0 Å². The van der Waals surface area contributed by atoms with E-state index in [0.29, 0.717) is 0 Å². The normalized spacial score (nSPS) is 12.1. The molecule has 0 aliphatic carbocycles. The Kier molecular flexibility index (Phi) is 2.29. The molecular formula is C10H17NO. The zero-order chi connectivity index (χ0) is 9.35. The molecule has 0 unspecified atom stereocenters. The molecule has 0 aliphatic rings. The van der Waals surface area contributed by atoms with Crippen molar-refractivity contribution < 1.29 is 5.11 Å². The molecule has 0 bridgehead atoms. The van der Waals surface area contributed by atoms with E-state index in [1.807, 2.05) is 13.0 Å². The van der Waals surface area contributed by atoms with Crippen molar-refractivity contribution in [2.24, 2.45) is 0 Å². The van der Waals surface area contributed by atoms with Gasteiger partial charge in [-0.25, -0.2) is 0 Å². The van der Waals surface area contributed by atoms with Crippen LogP contribution in [0.1, 0.15) is 37.7 Å². The first-order valence-electron chi connectivity index (χ1n) is 4.25. The Morgan fingerprint density at radius 2 is 2.00 bits per heavy atom. The lowest BCUT2D eigenvalue weighted by atomic mass is 9.92. The van der Waals surface area contributed by atoms with Crippen molar-refractivity contribution in [1.82, 2.24) is 4.98 Å². The number of aryl methyl sites for hydroxylation is 1. The number of aliphatic hydroxyl groups excluding tert-OH is 1. The number of aliphatic hydroxyl groups is 1. The minimum absolute atomic E-state index is 0.123. The Labute approximate surface area is 73.6 Å². The average Bonchev–Trinajstić information content (AvgIpc) is 2.29. The van der Waals surface area contributed by atoms with Gasteiger partial charge in [0.15, 0.2) is 0 Å². The molecule has 12 heavy (non-hydrogen) atoms. The lowest BCUT2D eigenvalue weighted by Gasteiger charge is -2.15. The molecule has 0 saturated heterocycles. The number of aromatic nitrogens is 1. The molecule has 0 amide bonds. The summed E-state index contributed by atoms with van der Waals surface area (Å²) in [4.78, 5) is 3.28. The topological polar surface area (TPSA) is 36.0 Å². The average molecular weight is 167 g/mol. The molecule has 0 radical (unpaired) electrons. The standard InChI is InChI=1S/C10H17NO/c1-7-8(6-12)5-9(11-7)10(2,3)4/h5,11-12H,6H2,1-4H3. The maximum atomic E-state index is 8.98.